The van der Waals surface area contributed by atoms with Gasteiger partial charge < -0.3 is 5.32 Å². The minimum Gasteiger partial charge on any atom is -0.310 e. The molecule has 5 heteroatoms. The maximum atomic E-state index is 4.77. The highest BCUT2D eigenvalue weighted by molar-refractivity contribution is 7.09. The minimum absolute atomic E-state index is 0.430. The summed E-state index contributed by atoms with van der Waals surface area (Å²) >= 11 is 1.69. The van der Waals surface area contributed by atoms with E-state index in [0.29, 0.717) is 6.04 Å². The Morgan fingerprint density at radius 1 is 1.40 bits per heavy atom. The lowest BCUT2D eigenvalue weighted by Crippen LogP contribution is -2.26. The average molecular weight is 288 g/mol. The zero-order chi connectivity index (χ0) is 13.9. The lowest BCUT2D eigenvalue weighted by Gasteiger charge is -2.25. The second kappa shape index (κ2) is 5.97. The van der Waals surface area contributed by atoms with Crippen LogP contribution in [0, 0.1) is 6.92 Å². The van der Waals surface area contributed by atoms with E-state index in [1.165, 1.54) is 24.1 Å². The highest BCUT2D eigenvalue weighted by atomic mass is 32.1. The number of aryl methyl sites for hydroxylation is 2. The number of nitrogens with zero attached hydrogens (tertiary/aromatic N) is 3. The second-order valence-electron chi connectivity index (χ2n) is 5.25. The van der Waals surface area contributed by atoms with Crippen LogP contribution in [0.4, 0.5) is 0 Å². The summed E-state index contributed by atoms with van der Waals surface area (Å²) in [6.45, 7) is 5.16. The molecule has 2 heterocycles. The Bertz CT molecular complexity index is 593. The van der Waals surface area contributed by atoms with E-state index in [2.05, 4.69) is 27.6 Å². The molecule has 1 N–H and O–H groups in total. The fraction of sp³-hybridized carbons (Fsp3) is 0.533. The highest BCUT2D eigenvalue weighted by Crippen LogP contribution is 2.28. The van der Waals surface area contributed by atoms with Crippen molar-refractivity contribution in [1.82, 2.24) is 20.3 Å². The Kier molecular flexibility index (Phi) is 4.08. The zero-order valence-electron chi connectivity index (χ0n) is 12.0. The fourth-order valence-corrected chi connectivity index (χ4v) is 3.52. The smallest absolute Gasteiger partial charge is 0.135 e. The molecule has 0 aliphatic heterocycles. The summed E-state index contributed by atoms with van der Waals surface area (Å²) in [7, 11) is 0. The molecule has 1 atom stereocenters. The molecule has 2 aromatic heterocycles. The van der Waals surface area contributed by atoms with Gasteiger partial charge in [0.25, 0.3) is 0 Å². The van der Waals surface area contributed by atoms with Crippen LogP contribution in [-0.2, 0) is 12.8 Å². The van der Waals surface area contributed by atoms with Gasteiger partial charge in [-0.1, -0.05) is 6.92 Å². The third-order valence-electron chi connectivity index (χ3n) is 3.66. The van der Waals surface area contributed by atoms with Crippen LogP contribution >= 0.6 is 11.3 Å². The van der Waals surface area contributed by atoms with Gasteiger partial charge in [-0.3, -0.25) is 0 Å². The van der Waals surface area contributed by atoms with Crippen LogP contribution < -0.4 is 5.32 Å². The summed E-state index contributed by atoms with van der Waals surface area (Å²) in [6.07, 6.45) is 6.23. The Morgan fingerprint density at radius 2 is 2.30 bits per heavy atom. The third kappa shape index (κ3) is 2.88. The standard InChI is InChI=1S/C15H20N4S/c1-3-16-12-5-4-6-13-11(12)8-17-14(19-13)7-15-18-10(2)9-20-15/h8-9,12,16H,3-7H2,1-2H3. The number of fused-ring (bicyclic) bond motifs is 1. The fourth-order valence-electron chi connectivity index (χ4n) is 2.75. The van der Waals surface area contributed by atoms with Gasteiger partial charge in [-0.2, -0.15) is 0 Å². The van der Waals surface area contributed by atoms with Gasteiger partial charge in [0.2, 0.25) is 0 Å². The first kappa shape index (κ1) is 13.6. The van der Waals surface area contributed by atoms with E-state index in [1.54, 1.807) is 11.3 Å². The summed E-state index contributed by atoms with van der Waals surface area (Å²) < 4.78 is 0. The van der Waals surface area contributed by atoms with E-state index < -0.39 is 0 Å². The van der Waals surface area contributed by atoms with Crippen LogP contribution in [0.3, 0.4) is 0 Å². The van der Waals surface area contributed by atoms with E-state index in [1.807, 2.05) is 13.1 Å². The van der Waals surface area contributed by atoms with E-state index in [9.17, 15) is 0 Å². The van der Waals surface area contributed by atoms with E-state index >= 15 is 0 Å². The maximum Gasteiger partial charge on any atom is 0.135 e. The summed E-state index contributed by atoms with van der Waals surface area (Å²) in [4.78, 5) is 13.8. The van der Waals surface area contributed by atoms with Gasteiger partial charge in [0.15, 0.2) is 0 Å². The maximum absolute atomic E-state index is 4.77. The van der Waals surface area contributed by atoms with Gasteiger partial charge in [-0.15, -0.1) is 11.3 Å². The molecular formula is C15H20N4S. The third-order valence-corrected chi connectivity index (χ3v) is 4.62. The molecule has 0 amide bonds. The number of hydrogen-bond donors (Lipinski definition) is 1. The van der Waals surface area contributed by atoms with Crippen molar-refractivity contribution in [2.75, 3.05) is 6.54 Å². The molecule has 1 aliphatic carbocycles. The Morgan fingerprint density at radius 3 is 3.05 bits per heavy atom. The van der Waals surface area contributed by atoms with Gasteiger partial charge in [-0.05, 0) is 32.7 Å². The van der Waals surface area contributed by atoms with Crippen molar-refractivity contribution in [2.45, 2.75) is 45.6 Å². The molecule has 1 aliphatic rings. The first-order valence-corrected chi connectivity index (χ1v) is 8.13. The van der Waals surface area contributed by atoms with Gasteiger partial charge in [0.05, 0.1) is 6.42 Å². The van der Waals surface area contributed by atoms with Gasteiger partial charge in [0, 0.05) is 34.6 Å². The van der Waals surface area contributed by atoms with Crippen molar-refractivity contribution in [3.8, 4) is 0 Å². The molecule has 4 nitrogen and oxygen atoms in total. The van der Waals surface area contributed by atoms with Gasteiger partial charge in [-0.25, -0.2) is 15.0 Å². The summed E-state index contributed by atoms with van der Waals surface area (Å²) in [5.41, 5.74) is 3.59. The van der Waals surface area contributed by atoms with E-state index in [0.717, 1.165) is 35.9 Å². The summed E-state index contributed by atoms with van der Waals surface area (Å²) in [5, 5.41) is 6.70. The number of thiazole rings is 1. The number of rotatable bonds is 4. The minimum atomic E-state index is 0.430. The molecule has 0 saturated heterocycles. The van der Waals surface area contributed by atoms with Crippen LogP contribution in [0.15, 0.2) is 11.6 Å². The van der Waals surface area contributed by atoms with E-state index in [4.69, 9.17) is 4.98 Å². The summed E-state index contributed by atoms with van der Waals surface area (Å²) in [6, 6.07) is 0.430. The number of hydrogen-bond acceptors (Lipinski definition) is 5. The molecule has 1 unspecified atom stereocenters. The van der Waals surface area contributed by atoms with Gasteiger partial charge >= 0.3 is 0 Å². The van der Waals surface area contributed by atoms with Crippen LogP contribution in [0.1, 0.15) is 53.6 Å². The molecule has 3 rings (SSSR count). The predicted octanol–water partition coefficient (Wildman–Crippen LogP) is 2.82. The summed E-state index contributed by atoms with van der Waals surface area (Å²) in [5.74, 6) is 0.898. The van der Waals surface area contributed by atoms with Gasteiger partial charge in [0.1, 0.15) is 10.8 Å². The molecular weight excluding hydrogens is 268 g/mol. The predicted molar refractivity (Wildman–Crippen MR) is 81.0 cm³/mol. The highest BCUT2D eigenvalue weighted by Gasteiger charge is 2.21. The van der Waals surface area contributed by atoms with Crippen LogP contribution in [0.5, 0.6) is 0 Å². The van der Waals surface area contributed by atoms with Crippen LogP contribution in [-0.4, -0.2) is 21.5 Å². The first-order valence-electron chi connectivity index (χ1n) is 7.25. The average Bonchev–Trinajstić information content (AvgIpc) is 2.84. The molecule has 106 valence electrons. The molecule has 0 spiro atoms. The quantitative estimate of drug-likeness (QED) is 0.940. The molecule has 0 fully saturated rings. The molecule has 0 radical (unpaired) electrons. The Hall–Kier alpha value is -1.33. The molecule has 2 aromatic rings. The van der Waals surface area contributed by atoms with E-state index in [-0.39, 0.29) is 0 Å². The van der Waals surface area contributed by atoms with Crippen molar-refractivity contribution in [3.63, 3.8) is 0 Å². The zero-order valence-corrected chi connectivity index (χ0v) is 12.8. The monoisotopic (exact) mass is 288 g/mol. The Balaban J connectivity index is 1.81. The largest absolute Gasteiger partial charge is 0.310 e. The van der Waals surface area contributed by atoms with Crippen molar-refractivity contribution in [3.05, 3.63) is 39.4 Å². The van der Waals surface area contributed by atoms with Crippen molar-refractivity contribution >= 4 is 11.3 Å². The molecule has 20 heavy (non-hydrogen) atoms. The Labute approximate surface area is 123 Å². The van der Waals surface area contributed by atoms with Crippen molar-refractivity contribution in [1.29, 1.82) is 0 Å². The van der Waals surface area contributed by atoms with Crippen LogP contribution in [0.2, 0.25) is 0 Å². The first-order chi connectivity index (χ1) is 9.76. The second-order valence-corrected chi connectivity index (χ2v) is 6.19. The SMILES string of the molecule is CCNC1CCCc2nc(Cc3nc(C)cs3)ncc21. The lowest BCUT2D eigenvalue weighted by atomic mass is 9.92. The van der Waals surface area contributed by atoms with Crippen molar-refractivity contribution in [2.24, 2.45) is 0 Å². The lowest BCUT2D eigenvalue weighted by molar-refractivity contribution is 0.463. The number of nitrogens with one attached hydrogen (secondary N) is 1. The van der Waals surface area contributed by atoms with Crippen molar-refractivity contribution < 1.29 is 0 Å². The topological polar surface area (TPSA) is 50.7 Å². The number of aromatic nitrogens is 3. The molecule has 0 aromatic carbocycles. The normalized spacial score (nSPS) is 18.0. The van der Waals surface area contributed by atoms with Crippen LogP contribution in [0.25, 0.3) is 0 Å². The molecule has 0 saturated carbocycles. The molecule has 0 bridgehead atoms.